The van der Waals surface area contributed by atoms with Crippen LogP contribution in [0.15, 0.2) is 42.6 Å². The van der Waals surface area contributed by atoms with Crippen molar-refractivity contribution in [3.8, 4) is 0 Å². The number of carbonyl (C=O) groups is 2. The Morgan fingerprint density at radius 1 is 1.32 bits per heavy atom. The first-order valence-electron chi connectivity index (χ1n) is 8.37. The van der Waals surface area contributed by atoms with Gasteiger partial charge in [0.1, 0.15) is 11.7 Å². The number of amides is 2. The monoisotopic (exact) mass is 337 g/mol. The molecule has 3 N–H and O–H groups in total. The molecule has 4 rings (SSSR count). The highest BCUT2D eigenvalue weighted by molar-refractivity contribution is 5.96. The van der Waals surface area contributed by atoms with E-state index in [-0.39, 0.29) is 11.8 Å². The molecule has 0 radical (unpaired) electrons. The van der Waals surface area contributed by atoms with Crippen molar-refractivity contribution in [1.29, 1.82) is 0 Å². The second-order valence-corrected chi connectivity index (χ2v) is 6.24. The number of nitrogens with zero attached hydrogens (tertiary/aromatic N) is 2. The van der Waals surface area contributed by atoms with Gasteiger partial charge in [0.2, 0.25) is 5.91 Å². The normalized spacial score (nSPS) is 17.4. The van der Waals surface area contributed by atoms with Crippen LogP contribution in [0.1, 0.15) is 29.0 Å². The predicted octanol–water partition coefficient (Wildman–Crippen LogP) is 1.42. The molecule has 1 aliphatic heterocycles. The zero-order valence-electron chi connectivity index (χ0n) is 13.7. The quantitative estimate of drug-likeness (QED) is 0.672. The number of H-pyrrole nitrogens is 1. The van der Waals surface area contributed by atoms with Crippen LogP contribution >= 0.6 is 0 Å². The summed E-state index contributed by atoms with van der Waals surface area (Å²) in [7, 11) is 0. The Morgan fingerprint density at radius 3 is 3.08 bits per heavy atom. The Bertz CT molecular complexity index is 926. The lowest BCUT2D eigenvalue weighted by atomic mass is 10.1. The van der Waals surface area contributed by atoms with Gasteiger partial charge in [0.15, 0.2) is 0 Å². The molecule has 1 fully saturated rings. The lowest BCUT2D eigenvalue weighted by Gasteiger charge is -2.22. The first-order chi connectivity index (χ1) is 12.2. The summed E-state index contributed by atoms with van der Waals surface area (Å²) in [6, 6.07) is 11.4. The topological polar surface area (TPSA) is 91.8 Å². The van der Waals surface area contributed by atoms with E-state index >= 15 is 0 Å². The van der Waals surface area contributed by atoms with Crippen LogP contribution in [0.3, 0.4) is 0 Å². The largest absolute Gasteiger partial charge is 0.354 e. The lowest BCUT2D eigenvalue weighted by molar-refractivity contribution is -0.124. The Labute approximate surface area is 144 Å². The van der Waals surface area contributed by atoms with Crippen LogP contribution in [0.4, 0.5) is 0 Å². The third-order valence-corrected chi connectivity index (χ3v) is 4.48. The average Bonchev–Trinajstić information content (AvgIpc) is 3.25. The SMILES string of the molecule is O=C(N[C@@H]1CCCNC1=O)c1cc(Cn2ccc3ccccc32)[nH]n1. The van der Waals surface area contributed by atoms with Crippen molar-refractivity contribution in [2.45, 2.75) is 25.4 Å². The van der Waals surface area contributed by atoms with E-state index in [1.165, 1.54) is 5.39 Å². The van der Waals surface area contributed by atoms with Gasteiger partial charge in [0.05, 0.1) is 12.2 Å². The van der Waals surface area contributed by atoms with E-state index in [2.05, 4.69) is 43.6 Å². The highest BCUT2D eigenvalue weighted by atomic mass is 16.2. The number of fused-ring (bicyclic) bond motifs is 1. The van der Waals surface area contributed by atoms with E-state index in [0.29, 0.717) is 25.2 Å². The van der Waals surface area contributed by atoms with Crippen LogP contribution in [0, 0.1) is 0 Å². The predicted molar refractivity (Wildman–Crippen MR) is 93.1 cm³/mol. The standard InChI is InChI=1S/C18H19N5O2/c24-17-14(5-3-8-19-17)20-18(25)15-10-13(21-22-15)11-23-9-7-12-4-1-2-6-16(12)23/h1-2,4,6-7,9-10,14H,3,5,8,11H2,(H,19,24)(H,20,25)(H,21,22)/t14-/m1/s1. The van der Waals surface area contributed by atoms with Crippen molar-refractivity contribution >= 4 is 22.7 Å². The number of piperidine rings is 1. The lowest BCUT2D eigenvalue weighted by Crippen LogP contribution is -2.50. The van der Waals surface area contributed by atoms with Gasteiger partial charge in [-0.15, -0.1) is 0 Å². The fraction of sp³-hybridized carbons (Fsp3) is 0.278. The zero-order valence-corrected chi connectivity index (χ0v) is 13.7. The van der Waals surface area contributed by atoms with Gasteiger partial charge in [-0.05, 0) is 36.4 Å². The van der Waals surface area contributed by atoms with Gasteiger partial charge in [0.25, 0.3) is 5.91 Å². The highest BCUT2D eigenvalue weighted by Crippen LogP contribution is 2.16. The van der Waals surface area contributed by atoms with Crippen molar-refractivity contribution in [3.05, 3.63) is 54.0 Å². The minimum absolute atomic E-state index is 0.130. The van der Waals surface area contributed by atoms with Gasteiger partial charge in [-0.2, -0.15) is 5.10 Å². The maximum atomic E-state index is 12.3. The molecule has 1 saturated heterocycles. The smallest absolute Gasteiger partial charge is 0.272 e. The molecule has 1 atom stereocenters. The number of aromatic nitrogens is 3. The molecule has 0 unspecified atom stereocenters. The number of rotatable bonds is 4. The molecule has 3 aromatic rings. The first kappa shape index (κ1) is 15.4. The summed E-state index contributed by atoms with van der Waals surface area (Å²) in [6.07, 6.45) is 3.53. The number of para-hydroxylation sites is 1. The van der Waals surface area contributed by atoms with Crippen LogP contribution in [0.2, 0.25) is 0 Å². The number of benzene rings is 1. The summed E-state index contributed by atoms with van der Waals surface area (Å²) in [5.74, 6) is -0.462. The van der Waals surface area contributed by atoms with Crippen molar-refractivity contribution < 1.29 is 9.59 Å². The minimum Gasteiger partial charge on any atom is -0.354 e. The van der Waals surface area contributed by atoms with Crippen LogP contribution in [-0.4, -0.2) is 39.2 Å². The Balaban J connectivity index is 1.46. The third-order valence-electron chi connectivity index (χ3n) is 4.48. The number of carbonyl (C=O) groups excluding carboxylic acids is 2. The van der Waals surface area contributed by atoms with Crippen LogP contribution < -0.4 is 10.6 Å². The minimum atomic E-state index is -0.477. The number of aromatic amines is 1. The van der Waals surface area contributed by atoms with E-state index in [9.17, 15) is 9.59 Å². The first-order valence-corrected chi connectivity index (χ1v) is 8.37. The third kappa shape index (κ3) is 3.13. The molecule has 0 aliphatic carbocycles. The van der Waals surface area contributed by atoms with Crippen LogP contribution in [-0.2, 0) is 11.3 Å². The van der Waals surface area contributed by atoms with E-state index < -0.39 is 6.04 Å². The number of nitrogens with one attached hydrogen (secondary N) is 3. The van der Waals surface area contributed by atoms with Gasteiger partial charge >= 0.3 is 0 Å². The van der Waals surface area contributed by atoms with Gasteiger partial charge in [-0.1, -0.05) is 18.2 Å². The molecule has 0 saturated carbocycles. The molecule has 7 nitrogen and oxygen atoms in total. The maximum Gasteiger partial charge on any atom is 0.272 e. The Kier molecular flexibility index (Phi) is 3.97. The van der Waals surface area contributed by atoms with Gasteiger partial charge in [0, 0.05) is 18.3 Å². The van der Waals surface area contributed by atoms with Crippen molar-refractivity contribution in [3.63, 3.8) is 0 Å². The molecule has 0 bridgehead atoms. The number of hydrogen-bond donors (Lipinski definition) is 3. The second-order valence-electron chi connectivity index (χ2n) is 6.24. The van der Waals surface area contributed by atoms with E-state index in [4.69, 9.17) is 0 Å². The van der Waals surface area contributed by atoms with E-state index in [1.807, 2.05) is 18.3 Å². The average molecular weight is 337 g/mol. The molecular formula is C18H19N5O2. The van der Waals surface area contributed by atoms with Crippen molar-refractivity contribution in [1.82, 2.24) is 25.4 Å². The Hall–Kier alpha value is -3.09. The summed E-state index contributed by atoms with van der Waals surface area (Å²) >= 11 is 0. The second kappa shape index (κ2) is 6.43. The molecule has 2 amide bonds. The Morgan fingerprint density at radius 2 is 2.20 bits per heavy atom. The molecule has 128 valence electrons. The molecule has 1 aromatic carbocycles. The van der Waals surface area contributed by atoms with Gasteiger partial charge in [-0.25, -0.2) is 0 Å². The van der Waals surface area contributed by atoms with E-state index in [0.717, 1.165) is 17.6 Å². The molecule has 2 aromatic heterocycles. The maximum absolute atomic E-state index is 12.3. The molecular weight excluding hydrogens is 318 g/mol. The van der Waals surface area contributed by atoms with Crippen molar-refractivity contribution in [2.75, 3.05) is 6.54 Å². The fourth-order valence-electron chi connectivity index (χ4n) is 3.16. The molecule has 25 heavy (non-hydrogen) atoms. The summed E-state index contributed by atoms with van der Waals surface area (Å²) in [6.45, 7) is 1.26. The molecule has 0 spiro atoms. The van der Waals surface area contributed by atoms with E-state index in [1.54, 1.807) is 6.07 Å². The van der Waals surface area contributed by atoms with Crippen molar-refractivity contribution in [2.24, 2.45) is 0 Å². The number of hydrogen-bond acceptors (Lipinski definition) is 3. The highest BCUT2D eigenvalue weighted by Gasteiger charge is 2.24. The summed E-state index contributed by atoms with van der Waals surface area (Å²) in [4.78, 5) is 24.1. The molecule has 1 aliphatic rings. The zero-order chi connectivity index (χ0) is 17.2. The summed E-state index contributed by atoms with van der Waals surface area (Å²) in [5.41, 5.74) is 2.26. The van der Waals surface area contributed by atoms with Crippen LogP contribution in [0.5, 0.6) is 0 Å². The van der Waals surface area contributed by atoms with Gasteiger partial charge in [-0.3, -0.25) is 14.7 Å². The molecule has 7 heteroatoms. The molecule has 3 heterocycles. The summed E-state index contributed by atoms with van der Waals surface area (Å²) in [5, 5.41) is 13.7. The van der Waals surface area contributed by atoms with Crippen LogP contribution in [0.25, 0.3) is 10.9 Å². The fourth-order valence-corrected chi connectivity index (χ4v) is 3.16. The summed E-state index contributed by atoms with van der Waals surface area (Å²) < 4.78 is 2.10. The van der Waals surface area contributed by atoms with Gasteiger partial charge < -0.3 is 15.2 Å².